The van der Waals surface area contributed by atoms with Crippen LogP contribution >= 0.6 is 11.3 Å². The number of pyridine rings is 1. The first kappa shape index (κ1) is 17.0. The fourth-order valence-corrected chi connectivity index (χ4v) is 3.68. The van der Waals surface area contributed by atoms with Gasteiger partial charge in [-0.25, -0.2) is 19.3 Å². The highest BCUT2D eigenvalue weighted by atomic mass is 32.1. The lowest BCUT2D eigenvalue weighted by atomic mass is 9.94. The molecule has 0 saturated carbocycles. The summed E-state index contributed by atoms with van der Waals surface area (Å²) in [5.41, 5.74) is 8.93. The first-order chi connectivity index (χ1) is 12.9. The predicted octanol–water partition coefficient (Wildman–Crippen LogP) is 3.12. The van der Waals surface area contributed by atoms with Crippen LogP contribution in [0, 0.1) is 13.8 Å². The van der Waals surface area contributed by atoms with Gasteiger partial charge < -0.3 is 15.9 Å². The van der Waals surface area contributed by atoms with Crippen molar-refractivity contribution in [1.29, 1.82) is 0 Å². The largest absolute Gasteiger partial charge is 0.508 e. The van der Waals surface area contributed by atoms with Gasteiger partial charge in [-0.15, -0.1) is 16.4 Å². The molecule has 0 atom stereocenters. The van der Waals surface area contributed by atoms with Crippen molar-refractivity contribution in [3.05, 3.63) is 46.6 Å². The summed E-state index contributed by atoms with van der Waals surface area (Å²) >= 11 is 1.36. The molecular weight excluding hydrogens is 366 g/mol. The Kier molecular flexibility index (Phi) is 3.81. The number of hydrogen-bond acceptors (Lipinski definition) is 7. The molecule has 27 heavy (non-hydrogen) atoms. The van der Waals surface area contributed by atoms with Gasteiger partial charge in [0.15, 0.2) is 10.7 Å². The summed E-state index contributed by atoms with van der Waals surface area (Å²) in [6, 6.07) is 3.35. The van der Waals surface area contributed by atoms with Gasteiger partial charge in [-0.3, -0.25) is 0 Å². The lowest BCUT2D eigenvalue weighted by Gasteiger charge is -2.15. The van der Waals surface area contributed by atoms with Crippen LogP contribution in [0.15, 0.2) is 29.9 Å². The maximum absolute atomic E-state index is 11.9. The number of hydrogen-bond donors (Lipinski definition) is 3. The number of carboxylic acids is 1. The number of nitrogens with zero attached hydrogens (tertiary/aromatic N) is 4. The monoisotopic (exact) mass is 381 g/mol. The number of rotatable bonds is 3. The zero-order valence-electron chi connectivity index (χ0n) is 14.5. The Hall–Kier alpha value is -3.46. The van der Waals surface area contributed by atoms with E-state index in [9.17, 15) is 15.0 Å². The molecule has 0 unspecified atom stereocenters. The van der Waals surface area contributed by atoms with Gasteiger partial charge in [-0.1, -0.05) is 6.07 Å². The number of nitrogens with two attached hydrogens (primary N) is 1. The topological polar surface area (TPSA) is 127 Å². The second-order valence-electron chi connectivity index (χ2n) is 6.08. The maximum atomic E-state index is 11.9. The minimum Gasteiger partial charge on any atom is -0.508 e. The van der Waals surface area contributed by atoms with Gasteiger partial charge in [-0.05, 0) is 36.6 Å². The van der Waals surface area contributed by atoms with Gasteiger partial charge in [0.2, 0.25) is 5.82 Å². The van der Waals surface area contributed by atoms with E-state index in [0.29, 0.717) is 27.5 Å². The van der Waals surface area contributed by atoms with Crippen LogP contribution in [0.1, 0.15) is 21.5 Å². The van der Waals surface area contributed by atoms with Gasteiger partial charge in [0.25, 0.3) is 0 Å². The van der Waals surface area contributed by atoms with E-state index >= 15 is 0 Å². The molecular formula is C18H15N5O3S. The van der Waals surface area contributed by atoms with Crippen molar-refractivity contribution in [3.8, 4) is 27.7 Å². The standard InChI is InChI=1S/C18H15N5O3S/c1-8-3-4-11(24)9(2)12(8)10-7-23-16(13(14(10)19)18(25)26)21-15(22-23)17-20-5-6-27-17/h3-7,24H,19H2,1-2H3,(H,25,26). The number of aromatic hydroxyl groups is 1. The number of carbonyl (C=O) groups is 1. The zero-order valence-corrected chi connectivity index (χ0v) is 15.3. The maximum Gasteiger partial charge on any atom is 0.341 e. The number of carboxylic acid groups (broad SMARTS) is 1. The Bertz CT molecular complexity index is 1200. The zero-order chi connectivity index (χ0) is 19.3. The van der Waals surface area contributed by atoms with E-state index in [1.807, 2.05) is 6.92 Å². The lowest BCUT2D eigenvalue weighted by Crippen LogP contribution is -2.09. The molecule has 0 amide bonds. The smallest absolute Gasteiger partial charge is 0.341 e. The third-order valence-electron chi connectivity index (χ3n) is 4.42. The number of aromatic carboxylic acids is 1. The molecule has 4 aromatic rings. The molecule has 4 N–H and O–H groups in total. The second-order valence-corrected chi connectivity index (χ2v) is 6.97. The highest BCUT2D eigenvalue weighted by Gasteiger charge is 2.24. The summed E-state index contributed by atoms with van der Waals surface area (Å²) in [6.07, 6.45) is 3.26. The number of phenols is 1. The van der Waals surface area contributed by atoms with Crippen LogP contribution in [0.3, 0.4) is 0 Å². The number of benzene rings is 1. The molecule has 0 saturated heterocycles. The summed E-state index contributed by atoms with van der Waals surface area (Å²) in [5, 5.41) is 26.6. The summed E-state index contributed by atoms with van der Waals surface area (Å²) < 4.78 is 1.40. The second kappa shape index (κ2) is 6.06. The van der Waals surface area contributed by atoms with Crippen molar-refractivity contribution in [2.45, 2.75) is 13.8 Å². The van der Waals surface area contributed by atoms with E-state index < -0.39 is 5.97 Å². The van der Waals surface area contributed by atoms with Gasteiger partial charge in [0.1, 0.15) is 11.3 Å². The van der Waals surface area contributed by atoms with Crippen molar-refractivity contribution >= 4 is 28.6 Å². The highest BCUT2D eigenvalue weighted by Crippen LogP contribution is 2.38. The van der Waals surface area contributed by atoms with Crippen LogP contribution in [0.4, 0.5) is 5.69 Å². The molecule has 0 fully saturated rings. The molecule has 0 aliphatic heterocycles. The lowest BCUT2D eigenvalue weighted by molar-refractivity contribution is 0.0699. The average molecular weight is 381 g/mol. The molecule has 8 nitrogen and oxygen atoms in total. The molecule has 3 heterocycles. The molecule has 0 spiro atoms. The Morgan fingerprint density at radius 3 is 2.74 bits per heavy atom. The highest BCUT2D eigenvalue weighted by molar-refractivity contribution is 7.13. The number of anilines is 1. The van der Waals surface area contributed by atoms with Crippen molar-refractivity contribution in [1.82, 2.24) is 19.6 Å². The molecule has 0 radical (unpaired) electrons. The molecule has 0 aliphatic carbocycles. The Labute approximate surface area is 157 Å². The molecule has 3 aromatic heterocycles. The van der Waals surface area contributed by atoms with Crippen LogP contribution < -0.4 is 5.73 Å². The molecule has 1 aromatic carbocycles. The number of aromatic nitrogens is 4. The third kappa shape index (κ3) is 2.59. The van der Waals surface area contributed by atoms with Gasteiger partial charge in [-0.2, -0.15) is 0 Å². The van der Waals surface area contributed by atoms with E-state index in [1.165, 1.54) is 15.9 Å². The van der Waals surface area contributed by atoms with Crippen molar-refractivity contribution in [2.24, 2.45) is 0 Å². The number of nitrogen functional groups attached to an aromatic ring is 1. The molecule has 0 aliphatic rings. The molecule has 4 rings (SSSR count). The van der Waals surface area contributed by atoms with Crippen molar-refractivity contribution in [2.75, 3.05) is 5.73 Å². The number of phenolic OH excluding ortho intramolecular Hbond substituents is 1. The van der Waals surface area contributed by atoms with Gasteiger partial charge in [0.05, 0.1) is 5.69 Å². The first-order valence-corrected chi connectivity index (χ1v) is 8.88. The SMILES string of the molecule is Cc1ccc(O)c(C)c1-c1cn2nc(-c3nccs3)nc2c(C(=O)O)c1N. The Balaban J connectivity index is 2.08. The van der Waals surface area contributed by atoms with Crippen LogP contribution in [0.5, 0.6) is 5.75 Å². The number of fused-ring (bicyclic) bond motifs is 1. The molecule has 9 heteroatoms. The average Bonchev–Trinajstić information content (AvgIpc) is 3.27. The quantitative estimate of drug-likeness (QED) is 0.497. The molecule has 0 bridgehead atoms. The number of aryl methyl sites for hydroxylation is 1. The Morgan fingerprint density at radius 1 is 1.30 bits per heavy atom. The fourth-order valence-electron chi connectivity index (χ4n) is 3.12. The van der Waals surface area contributed by atoms with E-state index in [4.69, 9.17) is 5.73 Å². The minimum absolute atomic E-state index is 0.0740. The third-order valence-corrected chi connectivity index (χ3v) is 5.19. The number of thiazole rings is 1. The van der Waals surface area contributed by atoms with Crippen LogP contribution in [0.25, 0.3) is 27.6 Å². The van der Waals surface area contributed by atoms with Crippen molar-refractivity contribution in [3.63, 3.8) is 0 Å². The fraction of sp³-hybridized carbons (Fsp3) is 0.111. The van der Waals surface area contributed by atoms with Gasteiger partial charge in [0, 0.05) is 23.3 Å². The summed E-state index contributed by atoms with van der Waals surface area (Å²) in [4.78, 5) is 20.4. The van der Waals surface area contributed by atoms with Gasteiger partial charge >= 0.3 is 5.97 Å². The normalized spacial score (nSPS) is 11.2. The van der Waals surface area contributed by atoms with Crippen LogP contribution in [0.2, 0.25) is 0 Å². The summed E-state index contributed by atoms with van der Waals surface area (Å²) in [6.45, 7) is 3.62. The summed E-state index contributed by atoms with van der Waals surface area (Å²) in [7, 11) is 0. The van der Waals surface area contributed by atoms with E-state index in [-0.39, 0.29) is 22.6 Å². The Morgan fingerprint density at radius 2 is 2.07 bits per heavy atom. The predicted molar refractivity (Wildman–Crippen MR) is 102 cm³/mol. The van der Waals surface area contributed by atoms with E-state index in [1.54, 1.807) is 36.8 Å². The summed E-state index contributed by atoms with van der Waals surface area (Å²) in [5.74, 6) is -0.768. The van der Waals surface area contributed by atoms with E-state index in [0.717, 1.165) is 5.56 Å². The molecule has 136 valence electrons. The first-order valence-electron chi connectivity index (χ1n) is 8.00. The van der Waals surface area contributed by atoms with Crippen molar-refractivity contribution < 1.29 is 15.0 Å². The minimum atomic E-state index is -1.20. The van der Waals surface area contributed by atoms with Crippen LogP contribution in [-0.4, -0.2) is 35.8 Å². The van der Waals surface area contributed by atoms with E-state index in [2.05, 4.69) is 15.1 Å². The van der Waals surface area contributed by atoms with Crippen LogP contribution in [-0.2, 0) is 0 Å².